The number of aryl methyl sites for hydroxylation is 1. The Kier molecular flexibility index (Phi) is 4.67. The van der Waals surface area contributed by atoms with Crippen LogP contribution in [0.5, 0.6) is 0 Å². The Morgan fingerprint density at radius 2 is 2.00 bits per heavy atom. The van der Waals surface area contributed by atoms with Gasteiger partial charge in [0.15, 0.2) is 0 Å². The summed E-state index contributed by atoms with van der Waals surface area (Å²) in [5.41, 5.74) is 3.36. The van der Waals surface area contributed by atoms with Crippen LogP contribution in [0.15, 0.2) is 49.1 Å². The monoisotopic (exact) mass is 441 g/mol. The van der Waals surface area contributed by atoms with E-state index in [4.69, 9.17) is 0 Å². The molecule has 0 aliphatic carbocycles. The number of nitriles is 1. The molecular formula is C24H23N7O2. The molecule has 1 aromatic carbocycles. The lowest BCUT2D eigenvalue weighted by atomic mass is 9.92. The van der Waals surface area contributed by atoms with Gasteiger partial charge in [-0.2, -0.15) is 10.4 Å². The number of carbonyl (C=O) groups is 2. The molecule has 1 fully saturated rings. The Labute approximate surface area is 191 Å². The normalized spacial score (nSPS) is 16.8. The quantitative estimate of drug-likeness (QED) is 0.667. The van der Waals surface area contributed by atoms with Crippen molar-refractivity contribution in [2.45, 2.75) is 25.4 Å². The van der Waals surface area contributed by atoms with Crippen molar-refractivity contribution >= 4 is 23.2 Å². The molecule has 0 atom stereocenters. The van der Waals surface area contributed by atoms with Crippen LogP contribution < -0.4 is 10.2 Å². The van der Waals surface area contributed by atoms with Crippen molar-refractivity contribution in [2.75, 3.05) is 23.3 Å². The molecule has 0 saturated carbocycles. The number of anilines is 2. The fraction of sp³-hybridized carbons (Fsp3) is 0.292. The molecule has 2 aromatic heterocycles. The maximum atomic E-state index is 13.2. The summed E-state index contributed by atoms with van der Waals surface area (Å²) in [5.74, 6) is -0.151. The van der Waals surface area contributed by atoms with Crippen LogP contribution in [0.4, 0.5) is 11.4 Å². The Morgan fingerprint density at radius 3 is 2.70 bits per heavy atom. The van der Waals surface area contributed by atoms with Gasteiger partial charge in [0.2, 0.25) is 0 Å². The zero-order chi connectivity index (χ0) is 23.3. The summed E-state index contributed by atoms with van der Waals surface area (Å²) in [4.78, 5) is 33.5. The van der Waals surface area contributed by atoms with Crippen LogP contribution >= 0.6 is 0 Å². The summed E-state index contributed by atoms with van der Waals surface area (Å²) >= 11 is 0. The highest BCUT2D eigenvalue weighted by molar-refractivity contribution is 6.12. The summed E-state index contributed by atoms with van der Waals surface area (Å²) in [7, 11) is 1.78. The SMILES string of the molecule is Cn1cc(C(=O)N2CC(Nc3cncc(N4C(=O)c5ccc(C#N)cc5C4(C)C)c3)C2)cn1. The van der Waals surface area contributed by atoms with Gasteiger partial charge in [-0.25, -0.2) is 0 Å². The highest BCUT2D eigenvalue weighted by atomic mass is 16.2. The molecular weight excluding hydrogens is 418 g/mol. The number of carbonyl (C=O) groups excluding carboxylic acids is 2. The molecule has 0 unspecified atom stereocenters. The first kappa shape index (κ1) is 20.7. The van der Waals surface area contributed by atoms with E-state index in [-0.39, 0.29) is 17.9 Å². The molecule has 166 valence electrons. The lowest BCUT2D eigenvalue weighted by Crippen LogP contribution is -2.57. The van der Waals surface area contributed by atoms with E-state index in [1.807, 2.05) is 19.9 Å². The largest absolute Gasteiger partial charge is 0.377 e. The molecule has 1 N–H and O–H groups in total. The average molecular weight is 441 g/mol. The van der Waals surface area contributed by atoms with E-state index in [2.05, 4.69) is 21.5 Å². The number of benzene rings is 1. The third kappa shape index (κ3) is 3.40. The predicted molar refractivity (Wildman–Crippen MR) is 122 cm³/mol. The highest BCUT2D eigenvalue weighted by Gasteiger charge is 2.44. The molecule has 1 saturated heterocycles. The number of amides is 2. The Hall–Kier alpha value is -4.19. The summed E-state index contributed by atoms with van der Waals surface area (Å²) < 4.78 is 1.61. The smallest absolute Gasteiger partial charge is 0.259 e. The maximum Gasteiger partial charge on any atom is 0.259 e. The van der Waals surface area contributed by atoms with Gasteiger partial charge in [-0.3, -0.25) is 24.2 Å². The molecule has 3 aromatic rings. The van der Waals surface area contributed by atoms with E-state index >= 15 is 0 Å². The van der Waals surface area contributed by atoms with Crippen molar-refractivity contribution in [3.8, 4) is 6.07 Å². The minimum atomic E-state index is -0.622. The first-order valence-corrected chi connectivity index (χ1v) is 10.7. The summed E-state index contributed by atoms with van der Waals surface area (Å²) in [5, 5.41) is 16.7. The summed E-state index contributed by atoms with van der Waals surface area (Å²) in [6.45, 7) is 5.08. The molecule has 33 heavy (non-hydrogen) atoms. The van der Waals surface area contributed by atoms with Crippen LogP contribution in [0.1, 0.15) is 45.7 Å². The van der Waals surface area contributed by atoms with Crippen LogP contribution in [0, 0.1) is 11.3 Å². The van der Waals surface area contributed by atoms with Crippen molar-refractivity contribution in [3.05, 3.63) is 71.3 Å². The molecule has 2 aliphatic heterocycles. The number of likely N-dealkylation sites (tertiary alicyclic amines) is 1. The number of nitrogens with zero attached hydrogens (tertiary/aromatic N) is 6. The van der Waals surface area contributed by atoms with Crippen molar-refractivity contribution < 1.29 is 9.59 Å². The van der Waals surface area contributed by atoms with Crippen LogP contribution in [0.2, 0.25) is 0 Å². The Bertz CT molecular complexity index is 1310. The van der Waals surface area contributed by atoms with E-state index in [1.54, 1.807) is 64.5 Å². The fourth-order valence-corrected chi connectivity index (χ4v) is 4.56. The van der Waals surface area contributed by atoms with Gasteiger partial charge in [0.1, 0.15) is 0 Å². The second-order valence-electron chi connectivity index (χ2n) is 8.96. The summed E-state index contributed by atoms with van der Waals surface area (Å²) in [6.07, 6.45) is 6.66. The van der Waals surface area contributed by atoms with Crippen LogP contribution in [0.3, 0.4) is 0 Å². The predicted octanol–water partition coefficient (Wildman–Crippen LogP) is 2.52. The first-order chi connectivity index (χ1) is 15.8. The van der Waals surface area contributed by atoms with Gasteiger partial charge in [0.05, 0.1) is 58.7 Å². The number of fused-ring (bicyclic) bond motifs is 1. The molecule has 0 spiro atoms. The fourth-order valence-electron chi connectivity index (χ4n) is 4.56. The Morgan fingerprint density at radius 1 is 1.21 bits per heavy atom. The highest BCUT2D eigenvalue weighted by Crippen LogP contribution is 2.42. The number of nitrogens with one attached hydrogen (secondary N) is 1. The molecule has 2 aliphatic rings. The second-order valence-corrected chi connectivity index (χ2v) is 8.96. The van der Waals surface area contributed by atoms with Crippen LogP contribution in [-0.4, -0.2) is 50.6 Å². The first-order valence-electron chi connectivity index (χ1n) is 10.7. The third-order valence-electron chi connectivity index (χ3n) is 6.27. The number of rotatable bonds is 4. The zero-order valence-electron chi connectivity index (χ0n) is 18.6. The zero-order valence-corrected chi connectivity index (χ0v) is 18.6. The van der Waals surface area contributed by atoms with Gasteiger partial charge in [-0.1, -0.05) is 0 Å². The molecule has 0 radical (unpaired) electrons. The lowest BCUT2D eigenvalue weighted by Gasteiger charge is -2.40. The summed E-state index contributed by atoms with van der Waals surface area (Å²) in [6, 6.07) is 9.31. The van der Waals surface area contributed by atoms with E-state index in [0.717, 1.165) is 11.3 Å². The van der Waals surface area contributed by atoms with Crippen molar-refractivity contribution in [1.29, 1.82) is 5.26 Å². The van der Waals surface area contributed by atoms with E-state index < -0.39 is 5.54 Å². The molecule has 9 nitrogen and oxygen atoms in total. The second kappa shape index (κ2) is 7.45. The maximum absolute atomic E-state index is 13.2. The van der Waals surface area contributed by atoms with E-state index in [0.29, 0.717) is 35.5 Å². The van der Waals surface area contributed by atoms with Crippen molar-refractivity contribution in [2.24, 2.45) is 7.05 Å². The Balaban J connectivity index is 1.31. The topological polar surface area (TPSA) is 107 Å². The van der Waals surface area contributed by atoms with Gasteiger partial charge in [0.25, 0.3) is 11.8 Å². The van der Waals surface area contributed by atoms with Gasteiger partial charge in [0, 0.05) is 31.9 Å². The minimum Gasteiger partial charge on any atom is -0.377 e. The third-order valence-corrected chi connectivity index (χ3v) is 6.27. The average Bonchev–Trinajstić information content (AvgIpc) is 3.29. The van der Waals surface area contributed by atoms with Crippen LogP contribution in [0.25, 0.3) is 0 Å². The van der Waals surface area contributed by atoms with Crippen molar-refractivity contribution in [3.63, 3.8) is 0 Å². The number of pyridine rings is 1. The number of hydrogen-bond donors (Lipinski definition) is 1. The van der Waals surface area contributed by atoms with E-state index in [9.17, 15) is 14.9 Å². The molecule has 2 amide bonds. The molecule has 9 heteroatoms. The number of hydrogen-bond acceptors (Lipinski definition) is 6. The van der Waals surface area contributed by atoms with Gasteiger partial charge >= 0.3 is 0 Å². The standard InChI is InChI=1S/C24H23N7O2/c1-24(2)21-6-15(8-25)4-5-20(21)23(33)31(24)19-7-17(10-26-11-19)28-18-13-30(14-18)22(32)16-9-27-29(3)12-16/h4-7,9-12,18,28H,13-14H2,1-3H3. The van der Waals surface area contributed by atoms with Gasteiger partial charge in [-0.05, 0) is 43.7 Å². The number of aromatic nitrogens is 3. The van der Waals surface area contributed by atoms with E-state index in [1.165, 1.54) is 0 Å². The van der Waals surface area contributed by atoms with Crippen molar-refractivity contribution in [1.82, 2.24) is 19.7 Å². The molecule has 5 rings (SSSR count). The molecule has 0 bridgehead atoms. The lowest BCUT2D eigenvalue weighted by molar-refractivity contribution is 0.0625. The minimum absolute atomic E-state index is 0.0352. The van der Waals surface area contributed by atoms with Gasteiger partial charge in [-0.15, -0.1) is 0 Å². The van der Waals surface area contributed by atoms with Gasteiger partial charge < -0.3 is 10.2 Å². The van der Waals surface area contributed by atoms with Crippen LogP contribution in [-0.2, 0) is 12.6 Å². The molecule has 4 heterocycles.